The summed E-state index contributed by atoms with van der Waals surface area (Å²) in [6.45, 7) is 6.07. The van der Waals surface area contributed by atoms with Crippen molar-refractivity contribution in [3.8, 4) is 0 Å². The Morgan fingerprint density at radius 3 is 1.94 bits per heavy atom. The van der Waals surface area contributed by atoms with Gasteiger partial charge in [0.25, 0.3) is 0 Å². The first kappa shape index (κ1) is 17.7. The summed E-state index contributed by atoms with van der Waals surface area (Å²) in [4.78, 5) is -0.0344. The maximum Gasteiger partial charge on any atom is 0.220 e. The minimum absolute atomic E-state index is 0.0344. The Morgan fingerprint density at radius 2 is 1.61 bits per heavy atom. The van der Waals surface area contributed by atoms with Gasteiger partial charge in [0.05, 0.1) is 18.2 Å². The van der Waals surface area contributed by atoms with Gasteiger partial charge in [-0.3, -0.25) is 0 Å². The summed E-state index contributed by atoms with van der Waals surface area (Å²) >= 11 is 4.64. The summed E-state index contributed by atoms with van der Waals surface area (Å²) in [5.41, 5.74) is 5.29. The molecule has 2 N–H and O–H groups in total. The van der Waals surface area contributed by atoms with E-state index in [1.165, 1.54) is 4.31 Å². The third kappa shape index (κ3) is 7.93. The summed E-state index contributed by atoms with van der Waals surface area (Å²) in [6, 6.07) is 0. The Hall–Kier alpha value is -0.280. The lowest BCUT2D eigenvalue weighted by molar-refractivity contribution is 0.110. The van der Waals surface area contributed by atoms with Crippen molar-refractivity contribution in [3.05, 3.63) is 0 Å². The zero-order chi connectivity index (χ0) is 14.0. The molecule has 0 heterocycles. The Bertz CT molecular complexity index is 323. The van der Waals surface area contributed by atoms with E-state index in [-0.39, 0.29) is 23.8 Å². The predicted octanol–water partition coefficient (Wildman–Crippen LogP) is -0.0227. The molecule has 0 radical (unpaired) electrons. The highest BCUT2D eigenvalue weighted by atomic mass is 32.2. The normalized spacial score (nSPS) is 11.9. The molecule has 108 valence electrons. The van der Waals surface area contributed by atoms with Crippen LogP contribution in [0.4, 0.5) is 0 Å². The van der Waals surface area contributed by atoms with Crippen molar-refractivity contribution in [2.45, 2.75) is 13.8 Å². The molecule has 0 rings (SSSR count). The highest BCUT2D eigenvalue weighted by Gasteiger charge is 2.22. The number of hydrogen-bond acceptors (Lipinski definition) is 5. The molecule has 0 aliphatic rings. The van der Waals surface area contributed by atoms with Crippen LogP contribution >= 0.6 is 12.2 Å². The summed E-state index contributed by atoms with van der Waals surface area (Å²) in [5.74, 6) is -0.319. The van der Waals surface area contributed by atoms with E-state index in [1.54, 1.807) is 0 Å². The van der Waals surface area contributed by atoms with Gasteiger partial charge in [0.2, 0.25) is 10.0 Å². The molecule has 0 saturated carbocycles. The zero-order valence-corrected chi connectivity index (χ0v) is 12.6. The van der Waals surface area contributed by atoms with Gasteiger partial charge in [-0.1, -0.05) is 12.2 Å². The molecular formula is C10H22N2O4S2. The van der Waals surface area contributed by atoms with E-state index < -0.39 is 10.0 Å². The molecule has 8 heteroatoms. The van der Waals surface area contributed by atoms with Crippen LogP contribution in [0.25, 0.3) is 0 Å². The summed E-state index contributed by atoms with van der Waals surface area (Å²) in [6.07, 6.45) is 0. The molecule has 6 nitrogen and oxygen atoms in total. The van der Waals surface area contributed by atoms with Crippen LogP contribution in [0.5, 0.6) is 0 Å². The average Bonchev–Trinajstić information content (AvgIpc) is 2.25. The average molecular weight is 298 g/mol. The van der Waals surface area contributed by atoms with Crippen molar-refractivity contribution in [1.29, 1.82) is 0 Å². The molecule has 0 aromatic rings. The lowest BCUT2D eigenvalue weighted by atomic mass is 10.6. The second-order valence-electron chi connectivity index (χ2n) is 3.52. The van der Waals surface area contributed by atoms with Gasteiger partial charge in [-0.2, -0.15) is 4.31 Å². The number of ether oxygens (including phenoxy) is 2. The van der Waals surface area contributed by atoms with Gasteiger partial charge in [-0.25, -0.2) is 8.42 Å². The smallest absolute Gasteiger partial charge is 0.220 e. The van der Waals surface area contributed by atoms with E-state index in [1.807, 2.05) is 13.8 Å². The van der Waals surface area contributed by atoms with E-state index >= 15 is 0 Å². The first-order valence-corrected chi connectivity index (χ1v) is 7.87. The van der Waals surface area contributed by atoms with Gasteiger partial charge < -0.3 is 15.2 Å². The zero-order valence-electron chi connectivity index (χ0n) is 10.9. The minimum Gasteiger partial charge on any atom is -0.392 e. The largest absolute Gasteiger partial charge is 0.392 e. The van der Waals surface area contributed by atoms with Crippen molar-refractivity contribution in [2.24, 2.45) is 5.73 Å². The van der Waals surface area contributed by atoms with Crippen molar-refractivity contribution < 1.29 is 17.9 Å². The molecule has 0 aliphatic carbocycles. The SMILES string of the molecule is CCOCCN(CCOCC)S(=O)(=O)CC(N)=S. The molecular weight excluding hydrogens is 276 g/mol. The first-order valence-electron chi connectivity index (χ1n) is 5.85. The number of thiocarbonyl (C=S) groups is 1. The Labute approximate surface area is 114 Å². The summed E-state index contributed by atoms with van der Waals surface area (Å²) < 4.78 is 35.6. The number of sulfonamides is 1. The van der Waals surface area contributed by atoms with Gasteiger partial charge in [-0.05, 0) is 13.8 Å². The fraction of sp³-hybridized carbons (Fsp3) is 0.900. The van der Waals surface area contributed by atoms with Crippen molar-refractivity contribution in [2.75, 3.05) is 45.3 Å². The lowest BCUT2D eigenvalue weighted by Crippen LogP contribution is -2.40. The topological polar surface area (TPSA) is 81.9 Å². The van der Waals surface area contributed by atoms with Crippen LogP contribution in [0.3, 0.4) is 0 Å². The molecule has 18 heavy (non-hydrogen) atoms. The van der Waals surface area contributed by atoms with E-state index in [0.29, 0.717) is 26.4 Å². The second kappa shape index (κ2) is 9.62. The Balaban J connectivity index is 4.46. The Kier molecular flexibility index (Phi) is 9.47. The highest BCUT2D eigenvalue weighted by Crippen LogP contribution is 2.02. The summed E-state index contributed by atoms with van der Waals surface area (Å²) in [5, 5.41) is 0. The van der Waals surface area contributed by atoms with Gasteiger partial charge in [0, 0.05) is 26.3 Å². The van der Waals surface area contributed by atoms with E-state index in [2.05, 4.69) is 12.2 Å². The maximum atomic E-state index is 12.0. The molecule has 0 aliphatic heterocycles. The Morgan fingerprint density at radius 1 is 1.17 bits per heavy atom. The van der Waals surface area contributed by atoms with Crippen LogP contribution in [0.2, 0.25) is 0 Å². The predicted molar refractivity (Wildman–Crippen MR) is 75.1 cm³/mol. The van der Waals surface area contributed by atoms with E-state index in [4.69, 9.17) is 15.2 Å². The fourth-order valence-corrected chi connectivity index (χ4v) is 2.98. The third-order valence-electron chi connectivity index (χ3n) is 2.10. The van der Waals surface area contributed by atoms with Gasteiger partial charge >= 0.3 is 0 Å². The van der Waals surface area contributed by atoms with Crippen LogP contribution in [-0.2, 0) is 19.5 Å². The van der Waals surface area contributed by atoms with Crippen LogP contribution in [0.1, 0.15) is 13.8 Å². The number of nitrogens with two attached hydrogens (primary N) is 1. The second-order valence-corrected chi connectivity index (χ2v) is 6.01. The molecule has 0 amide bonds. The van der Waals surface area contributed by atoms with Crippen molar-refractivity contribution in [3.63, 3.8) is 0 Å². The maximum absolute atomic E-state index is 12.0. The molecule has 0 unspecified atom stereocenters. The van der Waals surface area contributed by atoms with E-state index in [0.717, 1.165) is 0 Å². The van der Waals surface area contributed by atoms with Crippen LogP contribution in [0, 0.1) is 0 Å². The molecule has 0 aromatic carbocycles. The standard InChI is InChI=1S/C10H22N2O4S2/c1-3-15-7-5-12(6-8-16-4-2)18(13,14)9-10(11)17/h3-9H2,1-2H3,(H2,11,17). The van der Waals surface area contributed by atoms with Gasteiger partial charge in [-0.15, -0.1) is 0 Å². The van der Waals surface area contributed by atoms with Gasteiger partial charge in [0.15, 0.2) is 0 Å². The first-order chi connectivity index (χ1) is 8.44. The summed E-state index contributed by atoms with van der Waals surface area (Å²) in [7, 11) is -3.48. The molecule has 0 saturated heterocycles. The molecule has 0 fully saturated rings. The lowest BCUT2D eigenvalue weighted by Gasteiger charge is -2.21. The van der Waals surface area contributed by atoms with Gasteiger partial charge in [0.1, 0.15) is 5.75 Å². The quantitative estimate of drug-likeness (QED) is 0.426. The van der Waals surface area contributed by atoms with Crippen LogP contribution in [-0.4, -0.2) is 63.0 Å². The fourth-order valence-electron chi connectivity index (χ4n) is 1.28. The minimum atomic E-state index is -3.48. The van der Waals surface area contributed by atoms with E-state index in [9.17, 15) is 8.42 Å². The number of nitrogens with zero attached hydrogens (tertiary/aromatic N) is 1. The molecule has 0 bridgehead atoms. The van der Waals surface area contributed by atoms with Crippen molar-refractivity contribution >= 4 is 27.2 Å². The van der Waals surface area contributed by atoms with Crippen LogP contribution < -0.4 is 5.73 Å². The number of hydrogen-bond donors (Lipinski definition) is 1. The molecule has 0 spiro atoms. The molecule has 0 aromatic heterocycles. The highest BCUT2D eigenvalue weighted by molar-refractivity contribution is 7.92. The number of rotatable bonds is 11. The molecule has 0 atom stereocenters. The third-order valence-corrected chi connectivity index (χ3v) is 4.25. The monoisotopic (exact) mass is 298 g/mol. The van der Waals surface area contributed by atoms with Crippen LogP contribution in [0.15, 0.2) is 0 Å². The van der Waals surface area contributed by atoms with Crippen molar-refractivity contribution in [1.82, 2.24) is 4.31 Å².